The van der Waals surface area contributed by atoms with E-state index < -0.39 is 27.0 Å². The first-order chi connectivity index (χ1) is 10.8. The van der Waals surface area contributed by atoms with Gasteiger partial charge in [0.15, 0.2) is 9.84 Å². The first-order valence-corrected chi connectivity index (χ1v) is 9.92. The van der Waals surface area contributed by atoms with E-state index in [2.05, 4.69) is 5.32 Å². The van der Waals surface area contributed by atoms with Gasteiger partial charge in [0, 0.05) is 6.54 Å². The van der Waals surface area contributed by atoms with Crippen LogP contribution in [0.2, 0.25) is 0 Å². The lowest BCUT2D eigenvalue weighted by Crippen LogP contribution is -2.54. The normalized spacial score (nSPS) is 16.8. The van der Waals surface area contributed by atoms with Crippen LogP contribution in [-0.4, -0.2) is 37.9 Å². The number of hydrogen-bond donors (Lipinski definition) is 2. The average Bonchev–Trinajstić information content (AvgIpc) is 3.32. The van der Waals surface area contributed by atoms with Crippen LogP contribution < -0.4 is 11.1 Å². The van der Waals surface area contributed by atoms with Crippen molar-refractivity contribution in [1.82, 2.24) is 5.32 Å². The molecule has 0 aliphatic heterocycles. The van der Waals surface area contributed by atoms with Crippen molar-refractivity contribution in [1.29, 1.82) is 0 Å². The lowest BCUT2D eigenvalue weighted by Gasteiger charge is -2.29. The van der Waals surface area contributed by atoms with Crippen LogP contribution in [0.25, 0.3) is 0 Å². The zero-order chi connectivity index (χ0) is 16.9. The van der Waals surface area contributed by atoms with Gasteiger partial charge in [-0.25, -0.2) is 8.42 Å². The van der Waals surface area contributed by atoms with Crippen molar-refractivity contribution in [3.05, 3.63) is 35.9 Å². The van der Waals surface area contributed by atoms with E-state index in [1.54, 1.807) is 0 Å². The van der Waals surface area contributed by atoms with E-state index in [1.807, 2.05) is 37.3 Å². The van der Waals surface area contributed by atoms with Crippen LogP contribution in [0.4, 0.5) is 0 Å². The molecule has 1 saturated carbocycles. The van der Waals surface area contributed by atoms with Crippen LogP contribution in [0.3, 0.4) is 0 Å². The molecule has 7 heteroatoms. The van der Waals surface area contributed by atoms with Gasteiger partial charge in [-0.05, 0) is 44.1 Å². The molecule has 0 bridgehead atoms. The number of nitrogens with two attached hydrogens (primary N) is 1. The summed E-state index contributed by atoms with van der Waals surface area (Å²) < 4.78 is 24.2. The smallest absolute Gasteiger partial charge is 0.235 e. The minimum Gasteiger partial charge on any atom is -0.349 e. The number of nitrogens with one attached hydrogen (secondary N) is 1. The van der Waals surface area contributed by atoms with E-state index in [4.69, 9.17) is 5.73 Å². The Kier molecular flexibility index (Phi) is 7.70. The molecule has 3 N–H and O–H groups in total. The van der Waals surface area contributed by atoms with Gasteiger partial charge in [0.1, 0.15) is 5.75 Å². The number of aryl methyl sites for hydroxylation is 1. The highest BCUT2D eigenvalue weighted by Gasteiger charge is 2.41. The Balaban J connectivity index is 0.00000288. The third-order valence-corrected chi connectivity index (χ3v) is 6.05. The second-order valence-corrected chi connectivity index (χ2v) is 8.81. The summed E-state index contributed by atoms with van der Waals surface area (Å²) in [6, 6.07) is 9.74. The summed E-state index contributed by atoms with van der Waals surface area (Å²) in [5, 5.41) is 2.83. The van der Waals surface area contributed by atoms with Crippen LogP contribution in [0.5, 0.6) is 0 Å². The monoisotopic (exact) mass is 374 g/mol. The zero-order valence-electron chi connectivity index (χ0n) is 14.0. The Morgan fingerprint density at radius 2 is 1.92 bits per heavy atom. The molecule has 0 radical (unpaired) electrons. The van der Waals surface area contributed by atoms with Gasteiger partial charge in [-0.2, -0.15) is 0 Å². The standard InChI is InChI=1S/C17H26N2O3S.ClH/c1-17(13-18,15-9-10-15)19-16(20)12-23(21,22)11-5-8-14-6-3-2-4-7-14;/h2-4,6-7,15H,5,8-13,18H2,1H3,(H,19,20);1H. The zero-order valence-corrected chi connectivity index (χ0v) is 15.7. The molecule has 5 nitrogen and oxygen atoms in total. The van der Waals surface area contributed by atoms with Gasteiger partial charge in [-0.1, -0.05) is 30.3 Å². The summed E-state index contributed by atoms with van der Waals surface area (Å²) in [6.45, 7) is 2.22. The highest BCUT2D eigenvalue weighted by molar-refractivity contribution is 7.92. The van der Waals surface area contributed by atoms with E-state index in [1.165, 1.54) is 0 Å². The SMILES string of the molecule is CC(CN)(NC(=O)CS(=O)(=O)CCCc1ccccc1)C1CC1.Cl. The van der Waals surface area contributed by atoms with Crippen molar-refractivity contribution >= 4 is 28.2 Å². The molecule has 1 unspecified atom stereocenters. The Hall–Kier alpha value is -1.11. The van der Waals surface area contributed by atoms with Gasteiger partial charge in [0.05, 0.1) is 11.3 Å². The maximum atomic E-state index is 12.1. The molecule has 0 aromatic heterocycles. The van der Waals surface area contributed by atoms with E-state index in [-0.39, 0.29) is 18.2 Å². The Morgan fingerprint density at radius 3 is 2.46 bits per heavy atom. The van der Waals surface area contributed by atoms with Crippen molar-refractivity contribution in [2.45, 2.75) is 38.1 Å². The van der Waals surface area contributed by atoms with Crippen LogP contribution in [-0.2, 0) is 21.1 Å². The number of amides is 1. The van der Waals surface area contributed by atoms with E-state index in [0.717, 1.165) is 18.4 Å². The molecule has 1 atom stereocenters. The quantitative estimate of drug-likeness (QED) is 0.688. The summed E-state index contributed by atoms with van der Waals surface area (Å²) >= 11 is 0. The van der Waals surface area contributed by atoms with E-state index in [0.29, 0.717) is 25.3 Å². The van der Waals surface area contributed by atoms with Gasteiger partial charge < -0.3 is 11.1 Å². The Bertz CT molecular complexity index is 632. The Labute approximate surface area is 150 Å². The maximum Gasteiger partial charge on any atom is 0.235 e. The van der Waals surface area contributed by atoms with E-state index >= 15 is 0 Å². The average molecular weight is 375 g/mol. The molecule has 1 aliphatic rings. The van der Waals surface area contributed by atoms with Gasteiger partial charge in [0.25, 0.3) is 0 Å². The molecule has 1 fully saturated rings. The minimum atomic E-state index is -3.39. The third kappa shape index (κ3) is 6.42. The predicted octanol–water partition coefficient (Wildman–Crippen LogP) is 1.70. The topological polar surface area (TPSA) is 89.3 Å². The van der Waals surface area contributed by atoms with Crippen molar-refractivity contribution in [3.63, 3.8) is 0 Å². The fourth-order valence-corrected chi connectivity index (χ4v) is 4.01. The fraction of sp³-hybridized carbons (Fsp3) is 0.588. The van der Waals surface area contributed by atoms with Crippen LogP contribution in [0, 0.1) is 5.92 Å². The molecule has 24 heavy (non-hydrogen) atoms. The van der Waals surface area contributed by atoms with Crippen molar-refractivity contribution < 1.29 is 13.2 Å². The lowest BCUT2D eigenvalue weighted by molar-refractivity contribution is -0.120. The molecular formula is C17H27ClN2O3S. The molecular weight excluding hydrogens is 348 g/mol. The first kappa shape index (κ1) is 20.9. The lowest BCUT2D eigenvalue weighted by atomic mass is 9.96. The van der Waals surface area contributed by atoms with Crippen LogP contribution in [0.15, 0.2) is 30.3 Å². The second-order valence-electron chi connectivity index (χ2n) is 6.63. The molecule has 0 spiro atoms. The fourth-order valence-electron chi connectivity index (χ4n) is 2.81. The largest absolute Gasteiger partial charge is 0.349 e. The number of hydrogen-bond acceptors (Lipinski definition) is 4. The first-order valence-electron chi connectivity index (χ1n) is 8.10. The summed E-state index contributed by atoms with van der Waals surface area (Å²) in [4.78, 5) is 12.1. The Morgan fingerprint density at radius 1 is 1.29 bits per heavy atom. The van der Waals surface area contributed by atoms with Crippen molar-refractivity contribution in [2.24, 2.45) is 11.7 Å². The minimum absolute atomic E-state index is 0. The third-order valence-electron chi connectivity index (χ3n) is 4.44. The van der Waals surface area contributed by atoms with Crippen molar-refractivity contribution in [2.75, 3.05) is 18.1 Å². The van der Waals surface area contributed by atoms with Gasteiger partial charge >= 0.3 is 0 Å². The van der Waals surface area contributed by atoms with Gasteiger partial charge in [0.2, 0.25) is 5.91 Å². The highest BCUT2D eigenvalue weighted by Crippen LogP contribution is 2.38. The van der Waals surface area contributed by atoms with E-state index in [9.17, 15) is 13.2 Å². The summed E-state index contributed by atoms with van der Waals surface area (Å²) in [6.07, 6.45) is 3.30. The molecule has 2 rings (SSSR count). The number of halogens is 1. The van der Waals surface area contributed by atoms with Crippen LogP contribution >= 0.6 is 12.4 Å². The number of carbonyl (C=O) groups is 1. The number of sulfone groups is 1. The second kappa shape index (κ2) is 8.83. The molecule has 0 heterocycles. The number of rotatable bonds is 9. The highest BCUT2D eigenvalue weighted by atomic mass is 35.5. The molecule has 1 aliphatic carbocycles. The van der Waals surface area contributed by atoms with Gasteiger partial charge in [-0.15, -0.1) is 12.4 Å². The van der Waals surface area contributed by atoms with Crippen molar-refractivity contribution in [3.8, 4) is 0 Å². The number of carbonyl (C=O) groups excluding carboxylic acids is 1. The summed E-state index contributed by atoms with van der Waals surface area (Å²) in [5.41, 5.74) is 6.37. The van der Waals surface area contributed by atoms with Gasteiger partial charge in [-0.3, -0.25) is 4.79 Å². The maximum absolute atomic E-state index is 12.1. The number of benzene rings is 1. The summed E-state index contributed by atoms with van der Waals surface area (Å²) in [7, 11) is -3.39. The molecule has 1 amide bonds. The summed E-state index contributed by atoms with van der Waals surface area (Å²) in [5.74, 6) is -0.496. The molecule has 136 valence electrons. The van der Waals surface area contributed by atoms with Crippen LogP contribution in [0.1, 0.15) is 31.7 Å². The molecule has 0 saturated heterocycles. The molecule has 1 aromatic rings. The predicted molar refractivity (Wildman–Crippen MR) is 99.0 cm³/mol. The molecule has 1 aromatic carbocycles.